The molecule has 1 amide bonds. The van der Waals surface area contributed by atoms with Gasteiger partial charge in [0.2, 0.25) is 5.95 Å². The number of nitrogens with two attached hydrogens (primary N) is 1. The van der Waals surface area contributed by atoms with Crippen LogP contribution in [0.5, 0.6) is 0 Å². The van der Waals surface area contributed by atoms with Crippen molar-refractivity contribution in [3.05, 3.63) is 48.0 Å². The van der Waals surface area contributed by atoms with Crippen LogP contribution in [0.2, 0.25) is 0 Å². The number of pyridine rings is 1. The Kier molecular flexibility index (Phi) is 3.76. The Morgan fingerprint density at radius 3 is 2.53 bits per heavy atom. The Hall–Kier alpha value is -2.41. The van der Waals surface area contributed by atoms with Crippen LogP contribution >= 0.6 is 12.2 Å². The molecule has 96 valence electrons. The molecule has 0 spiro atoms. The number of nitrogens with zero attached hydrogens (tertiary/aromatic N) is 4. The van der Waals surface area contributed by atoms with Gasteiger partial charge in [0, 0.05) is 29.8 Å². The van der Waals surface area contributed by atoms with Crippen molar-refractivity contribution >= 4 is 29.2 Å². The number of hydrogen-bond donors (Lipinski definition) is 1. The number of carbonyl (C=O) groups is 1. The summed E-state index contributed by atoms with van der Waals surface area (Å²) in [6.45, 7) is 1.79. The van der Waals surface area contributed by atoms with E-state index in [1.165, 1.54) is 12.4 Å². The van der Waals surface area contributed by atoms with Crippen LogP contribution in [-0.2, 0) is 0 Å². The molecule has 0 unspecified atom stereocenters. The van der Waals surface area contributed by atoms with Gasteiger partial charge in [-0.05, 0) is 37.3 Å². The lowest BCUT2D eigenvalue weighted by Gasteiger charge is -2.18. The summed E-state index contributed by atoms with van der Waals surface area (Å²) in [4.78, 5) is 25.5. The quantitative estimate of drug-likeness (QED) is 0.824. The maximum Gasteiger partial charge on any atom is 0.267 e. The van der Waals surface area contributed by atoms with Crippen LogP contribution in [-0.4, -0.2) is 26.0 Å². The molecular weight excluding hydrogens is 262 g/mol. The third-order valence-corrected chi connectivity index (χ3v) is 2.52. The van der Waals surface area contributed by atoms with Crippen LogP contribution in [0.15, 0.2) is 36.8 Å². The van der Waals surface area contributed by atoms with Gasteiger partial charge in [-0.25, -0.2) is 14.9 Å². The molecule has 0 aliphatic rings. The van der Waals surface area contributed by atoms with Gasteiger partial charge in [0.15, 0.2) is 5.11 Å². The van der Waals surface area contributed by atoms with Crippen LogP contribution in [0, 0.1) is 6.92 Å². The van der Waals surface area contributed by atoms with Crippen LogP contribution in [0.25, 0.3) is 0 Å². The summed E-state index contributed by atoms with van der Waals surface area (Å²) < 4.78 is 0. The number of anilines is 1. The highest BCUT2D eigenvalue weighted by Gasteiger charge is 2.22. The van der Waals surface area contributed by atoms with E-state index < -0.39 is 0 Å². The normalized spacial score (nSPS) is 9.95. The maximum absolute atomic E-state index is 12.3. The van der Waals surface area contributed by atoms with Gasteiger partial charge in [0.05, 0.1) is 0 Å². The molecule has 2 rings (SSSR count). The van der Waals surface area contributed by atoms with Crippen LogP contribution in [0.3, 0.4) is 0 Å². The van der Waals surface area contributed by atoms with E-state index in [4.69, 9.17) is 18.0 Å². The van der Waals surface area contributed by atoms with E-state index in [0.717, 1.165) is 4.90 Å². The Morgan fingerprint density at radius 2 is 1.95 bits per heavy atom. The first-order valence-electron chi connectivity index (χ1n) is 5.43. The molecule has 0 saturated heterocycles. The summed E-state index contributed by atoms with van der Waals surface area (Å²) >= 11 is 4.91. The molecule has 0 saturated carbocycles. The molecule has 0 aromatic carbocycles. The minimum atomic E-state index is -0.388. The molecule has 7 heteroatoms. The second-order valence-electron chi connectivity index (χ2n) is 3.71. The molecule has 2 aromatic rings. The fourth-order valence-corrected chi connectivity index (χ4v) is 1.62. The number of hydrogen-bond acceptors (Lipinski definition) is 5. The molecule has 2 heterocycles. The molecule has 0 aliphatic carbocycles. The number of carbonyl (C=O) groups excluding carboxylic acids is 1. The Morgan fingerprint density at radius 1 is 1.26 bits per heavy atom. The van der Waals surface area contributed by atoms with Gasteiger partial charge in [-0.2, -0.15) is 0 Å². The zero-order chi connectivity index (χ0) is 13.8. The number of aromatic nitrogens is 3. The van der Waals surface area contributed by atoms with Crippen molar-refractivity contribution in [2.75, 3.05) is 4.90 Å². The Labute approximate surface area is 115 Å². The molecule has 0 aliphatic heterocycles. The molecule has 19 heavy (non-hydrogen) atoms. The van der Waals surface area contributed by atoms with Crippen LogP contribution in [0.1, 0.15) is 16.1 Å². The summed E-state index contributed by atoms with van der Waals surface area (Å²) in [7, 11) is 0. The summed E-state index contributed by atoms with van der Waals surface area (Å²) in [6.07, 6.45) is 4.58. The molecule has 0 bridgehead atoms. The third-order valence-electron chi connectivity index (χ3n) is 2.33. The second-order valence-corrected chi connectivity index (χ2v) is 4.13. The zero-order valence-corrected chi connectivity index (χ0v) is 11.0. The van der Waals surface area contributed by atoms with Gasteiger partial charge in [0.25, 0.3) is 5.91 Å². The summed E-state index contributed by atoms with van der Waals surface area (Å²) in [5.74, 6) is -0.227. The molecule has 6 nitrogen and oxygen atoms in total. The van der Waals surface area contributed by atoms with E-state index in [1.54, 1.807) is 31.3 Å². The average molecular weight is 273 g/mol. The Balaban J connectivity index is 2.42. The highest BCUT2D eigenvalue weighted by molar-refractivity contribution is 7.80. The number of amides is 1. The molecule has 0 atom stereocenters. The van der Waals surface area contributed by atoms with Crippen molar-refractivity contribution in [1.29, 1.82) is 0 Å². The van der Waals surface area contributed by atoms with E-state index >= 15 is 0 Å². The first-order chi connectivity index (χ1) is 9.09. The number of aryl methyl sites for hydroxylation is 1. The molecule has 0 radical (unpaired) electrons. The summed E-state index contributed by atoms with van der Waals surface area (Å²) in [6, 6.07) is 4.87. The van der Waals surface area contributed by atoms with Crippen molar-refractivity contribution in [1.82, 2.24) is 15.0 Å². The topological polar surface area (TPSA) is 85.0 Å². The zero-order valence-electron chi connectivity index (χ0n) is 10.1. The van der Waals surface area contributed by atoms with Gasteiger partial charge in [0.1, 0.15) is 0 Å². The van der Waals surface area contributed by atoms with Crippen LogP contribution in [0.4, 0.5) is 5.95 Å². The maximum atomic E-state index is 12.3. The van der Waals surface area contributed by atoms with Crippen LogP contribution < -0.4 is 10.6 Å². The minimum absolute atomic E-state index is 0.104. The molecular formula is C12H11N5OS. The van der Waals surface area contributed by atoms with Crippen molar-refractivity contribution in [2.45, 2.75) is 6.92 Å². The molecule has 2 aromatic heterocycles. The predicted octanol–water partition coefficient (Wildman–Crippen LogP) is 1.07. The highest BCUT2D eigenvalue weighted by Crippen LogP contribution is 2.12. The van der Waals surface area contributed by atoms with Gasteiger partial charge in [-0.15, -0.1) is 0 Å². The lowest BCUT2D eigenvalue weighted by molar-refractivity contribution is 0.100. The lowest BCUT2D eigenvalue weighted by atomic mass is 10.2. The minimum Gasteiger partial charge on any atom is -0.375 e. The first-order valence-corrected chi connectivity index (χ1v) is 5.84. The average Bonchev–Trinajstić information content (AvgIpc) is 2.39. The second kappa shape index (κ2) is 5.49. The fraction of sp³-hybridized carbons (Fsp3) is 0.0833. The van der Waals surface area contributed by atoms with E-state index in [0.29, 0.717) is 11.3 Å². The standard InChI is InChI=1S/C12H11N5OS/c1-8-2-7-15-12(16-8)17(11(13)19)10(18)9-3-5-14-6-4-9/h2-7H,1H3,(H2,13,19). The monoisotopic (exact) mass is 273 g/mol. The van der Waals surface area contributed by atoms with Crippen molar-refractivity contribution in [2.24, 2.45) is 5.73 Å². The SMILES string of the molecule is Cc1ccnc(N(C(=O)c2ccncc2)C(N)=S)n1. The molecule has 2 N–H and O–H groups in total. The smallest absolute Gasteiger partial charge is 0.267 e. The largest absolute Gasteiger partial charge is 0.375 e. The van der Waals surface area contributed by atoms with Gasteiger partial charge in [-0.3, -0.25) is 9.78 Å². The first kappa shape index (κ1) is 13.0. The number of rotatable bonds is 2. The summed E-state index contributed by atoms with van der Waals surface area (Å²) in [5.41, 5.74) is 6.72. The van der Waals surface area contributed by atoms with Gasteiger partial charge in [-0.1, -0.05) is 0 Å². The fourth-order valence-electron chi connectivity index (χ4n) is 1.46. The number of thiocarbonyl (C=S) groups is 1. The summed E-state index contributed by atoms with van der Waals surface area (Å²) in [5, 5.41) is -0.104. The van der Waals surface area contributed by atoms with Crippen molar-refractivity contribution in [3.63, 3.8) is 0 Å². The van der Waals surface area contributed by atoms with Gasteiger partial charge < -0.3 is 5.73 Å². The highest BCUT2D eigenvalue weighted by atomic mass is 32.1. The van der Waals surface area contributed by atoms with Crippen molar-refractivity contribution < 1.29 is 4.79 Å². The van der Waals surface area contributed by atoms with E-state index in [2.05, 4.69) is 15.0 Å². The van der Waals surface area contributed by atoms with E-state index in [9.17, 15) is 4.79 Å². The third kappa shape index (κ3) is 2.89. The Bertz CT molecular complexity index is 617. The molecule has 0 fully saturated rings. The predicted molar refractivity (Wildman–Crippen MR) is 74.6 cm³/mol. The van der Waals surface area contributed by atoms with E-state index in [-0.39, 0.29) is 17.0 Å². The van der Waals surface area contributed by atoms with Gasteiger partial charge >= 0.3 is 0 Å². The van der Waals surface area contributed by atoms with E-state index in [1.807, 2.05) is 0 Å². The van der Waals surface area contributed by atoms with Crippen molar-refractivity contribution in [3.8, 4) is 0 Å². The lowest BCUT2D eigenvalue weighted by Crippen LogP contribution is -2.41.